The SMILES string of the molecule is O=C(OC(C(F)(F)F)C(F)(F)S(=O)(=O)O)C1CC2C3CCCCC3C1C1CCCCC21. The fourth-order valence-corrected chi connectivity index (χ4v) is 7.80. The molecule has 0 radical (unpaired) electrons. The van der Waals surface area contributed by atoms with Crippen LogP contribution in [0.3, 0.4) is 0 Å². The second-order valence-corrected chi connectivity index (χ2v) is 11.2. The molecule has 1 N–H and O–H groups in total. The number of fused-ring (bicyclic) bond motifs is 1. The van der Waals surface area contributed by atoms with Gasteiger partial charge >= 0.3 is 27.5 Å². The molecule has 178 valence electrons. The van der Waals surface area contributed by atoms with Gasteiger partial charge < -0.3 is 4.74 Å². The lowest BCUT2D eigenvalue weighted by Gasteiger charge is -2.62. The van der Waals surface area contributed by atoms with Crippen LogP contribution in [0.1, 0.15) is 57.8 Å². The minimum atomic E-state index is -6.44. The molecule has 11 heteroatoms. The average Bonchev–Trinajstić information content (AvgIpc) is 2.70. The van der Waals surface area contributed by atoms with Crippen LogP contribution in [0.2, 0.25) is 0 Å². The first-order valence-electron chi connectivity index (χ1n) is 11.0. The third kappa shape index (κ3) is 3.87. The van der Waals surface area contributed by atoms with E-state index in [0.29, 0.717) is 18.3 Å². The summed E-state index contributed by atoms with van der Waals surface area (Å²) < 4.78 is 102. The van der Waals surface area contributed by atoms with Crippen LogP contribution in [-0.4, -0.2) is 36.5 Å². The molecule has 0 spiro atoms. The van der Waals surface area contributed by atoms with Crippen molar-refractivity contribution in [3.05, 3.63) is 0 Å². The molecule has 0 aromatic heterocycles. The number of halogens is 5. The van der Waals surface area contributed by atoms with Crippen molar-refractivity contribution >= 4 is 16.1 Å². The fraction of sp³-hybridized carbons (Fsp3) is 0.950. The van der Waals surface area contributed by atoms with Crippen molar-refractivity contribution in [3.63, 3.8) is 0 Å². The van der Waals surface area contributed by atoms with Gasteiger partial charge in [0.2, 0.25) is 0 Å². The Kier molecular flexibility index (Phi) is 5.85. The van der Waals surface area contributed by atoms with Gasteiger partial charge in [-0.3, -0.25) is 9.35 Å². The van der Waals surface area contributed by atoms with E-state index in [9.17, 15) is 35.2 Å². The number of carbonyl (C=O) groups is 1. The molecular weight excluding hydrogens is 447 g/mol. The first-order chi connectivity index (χ1) is 14.3. The van der Waals surface area contributed by atoms with Crippen LogP contribution in [0.5, 0.6) is 0 Å². The summed E-state index contributed by atoms with van der Waals surface area (Å²) in [5.41, 5.74) is 0. The van der Waals surface area contributed by atoms with Crippen LogP contribution in [0.4, 0.5) is 22.0 Å². The van der Waals surface area contributed by atoms with Gasteiger partial charge in [-0.15, -0.1) is 0 Å². The standard InChI is InChI=1S/C20H27F5O5S/c21-19(22,23)18(20(24,25)31(27,28)29)30-17(26)15-9-14-10-5-1-3-7-12(10)16(15)13-8-4-2-6-11(13)14/h10-16,18H,1-9H2,(H,27,28,29). The Balaban J connectivity index is 1.62. The molecule has 5 aliphatic rings. The summed E-state index contributed by atoms with van der Waals surface area (Å²) in [6.07, 6.45) is -1.95. The number of ether oxygens (including phenoxy) is 1. The van der Waals surface area contributed by atoms with E-state index >= 15 is 0 Å². The zero-order chi connectivity index (χ0) is 22.8. The van der Waals surface area contributed by atoms with Crippen molar-refractivity contribution < 1.29 is 44.5 Å². The summed E-state index contributed by atoms with van der Waals surface area (Å²) in [7, 11) is -6.44. The number of alkyl halides is 5. The highest BCUT2D eigenvalue weighted by atomic mass is 32.2. The maximum atomic E-state index is 13.9. The highest BCUT2D eigenvalue weighted by Crippen LogP contribution is 2.64. The number of esters is 1. The summed E-state index contributed by atoms with van der Waals surface area (Å²) in [4.78, 5) is 12.8. The molecule has 5 fully saturated rings. The van der Waals surface area contributed by atoms with Gasteiger partial charge in [0.05, 0.1) is 5.92 Å². The quantitative estimate of drug-likeness (QED) is 0.359. The molecule has 5 aliphatic carbocycles. The van der Waals surface area contributed by atoms with Gasteiger partial charge in [-0.05, 0) is 67.6 Å². The molecule has 0 amide bonds. The fourth-order valence-electron chi connectivity index (χ4n) is 7.35. The Bertz CT molecular complexity index is 789. The maximum absolute atomic E-state index is 13.9. The van der Waals surface area contributed by atoms with E-state index in [-0.39, 0.29) is 23.7 Å². The van der Waals surface area contributed by atoms with Crippen LogP contribution in [-0.2, 0) is 19.6 Å². The summed E-state index contributed by atoms with van der Waals surface area (Å²) in [6, 6.07) is 0. The van der Waals surface area contributed by atoms with Gasteiger partial charge in [-0.25, -0.2) is 0 Å². The van der Waals surface area contributed by atoms with Crippen molar-refractivity contribution in [1.82, 2.24) is 0 Å². The minimum absolute atomic E-state index is 0.157. The van der Waals surface area contributed by atoms with Crippen molar-refractivity contribution in [1.29, 1.82) is 0 Å². The summed E-state index contributed by atoms with van der Waals surface area (Å²) >= 11 is 0. The predicted molar refractivity (Wildman–Crippen MR) is 98.4 cm³/mol. The molecule has 2 bridgehead atoms. The molecule has 6 unspecified atom stereocenters. The van der Waals surface area contributed by atoms with E-state index in [1.165, 1.54) is 0 Å². The molecule has 0 heterocycles. The summed E-state index contributed by atoms with van der Waals surface area (Å²) in [5.74, 6) is -1.31. The lowest BCUT2D eigenvalue weighted by atomic mass is 9.42. The molecule has 0 aromatic rings. The Labute approximate surface area is 177 Å². The summed E-state index contributed by atoms with van der Waals surface area (Å²) in [6.45, 7) is 0. The van der Waals surface area contributed by atoms with E-state index in [1.807, 2.05) is 0 Å². The largest absolute Gasteiger partial charge is 0.444 e. The Hall–Kier alpha value is -0.970. The smallest absolute Gasteiger partial charge is 0.432 e. The second-order valence-electron chi connectivity index (χ2n) is 9.70. The van der Waals surface area contributed by atoms with E-state index in [4.69, 9.17) is 4.55 Å². The molecule has 5 rings (SSSR count). The molecule has 5 saturated carbocycles. The first kappa shape index (κ1) is 23.2. The van der Waals surface area contributed by atoms with Crippen LogP contribution >= 0.6 is 0 Å². The molecule has 31 heavy (non-hydrogen) atoms. The van der Waals surface area contributed by atoms with Crippen LogP contribution in [0.25, 0.3) is 0 Å². The maximum Gasteiger partial charge on any atom is 0.432 e. The van der Waals surface area contributed by atoms with E-state index in [2.05, 4.69) is 4.74 Å². The van der Waals surface area contributed by atoms with Gasteiger partial charge in [0, 0.05) is 0 Å². The highest BCUT2D eigenvalue weighted by molar-refractivity contribution is 7.86. The molecule has 5 nitrogen and oxygen atoms in total. The number of hydrogen-bond donors (Lipinski definition) is 1. The zero-order valence-electron chi connectivity index (χ0n) is 16.9. The van der Waals surface area contributed by atoms with E-state index in [0.717, 1.165) is 51.4 Å². The molecule has 6 atom stereocenters. The van der Waals surface area contributed by atoms with Crippen LogP contribution < -0.4 is 0 Å². The average molecular weight is 474 g/mol. The minimum Gasteiger partial charge on any atom is -0.444 e. The number of hydrogen-bond acceptors (Lipinski definition) is 4. The van der Waals surface area contributed by atoms with Gasteiger partial charge in [0.15, 0.2) is 0 Å². The topological polar surface area (TPSA) is 80.7 Å². The molecule has 0 aliphatic heterocycles. The Morgan fingerprint density at radius 1 is 0.839 bits per heavy atom. The van der Waals surface area contributed by atoms with Gasteiger partial charge in [-0.2, -0.15) is 30.4 Å². The molecule has 0 saturated heterocycles. The van der Waals surface area contributed by atoms with Gasteiger partial charge in [-0.1, -0.05) is 25.7 Å². The number of carbonyl (C=O) groups excluding carboxylic acids is 1. The second kappa shape index (κ2) is 7.81. The monoisotopic (exact) mass is 474 g/mol. The van der Waals surface area contributed by atoms with Gasteiger partial charge in [0.1, 0.15) is 0 Å². The summed E-state index contributed by atoms with van der Waals surface area (Å²) in [5, 5.41) is -5.69. The zero-order valence-corrected chi connectivity index (χ0v) is 17.7. The number of rotatable bonds is 4. The van der Waals surface area contributed by atoms with Crippen molar-refractivity contribution in [2.75, 3.05) is 0 Å². The van der Waals surface area contributed by atoms with Crippen LogP contribution in [0, 0.1) is 41.4 Å². The first-order valence-corrected chi connectivity index (χ1v) is 12.4. The third-order valence-corrected chi connectivity index (χ3v) is 9.21. The normalized spacial score (nSPS) is 39.4. The van der Waals surface area contributed by atoms with E-state index < -0.39 is 39.5 Å². The van der Waals surface area contributed by atoms with Gasteiger partial charge in [0.25, 0.3) is 6.10 Å². The highest BCUT2D eigenvalue weighted by Gasteiger charge is 2.67. The lowest BCUT2D eigenvalue weighted by Crippen LogP contribution is -2.59. The molecule has 0 aromatic carbocycles. The third-order valence-electron chi connectivity index (χ3n) is 8.31. The van der Waals surface area contributed by atoms with Crippen molar-refractivity contribution in [3.8, 4) is 0 Å². The van der Waals surface area contributed by atoms with E-state index in [1.54, 1.807) is 0 Å². The molecular formula is C20H27F5O5S. The van der Waals surface area contributed by atoms with Crippen molar-refractivity contribution in [2.24, 2.45) is 41.4 Å². The van der Waals surface area contributed by atoms with Crippen LogP contribution in [0.15, 0.2) is 0 Å². The Morgan fingerprint density at radius 2 is 1.29 bits per heavy atom. The Morgan fingerprint density at radius 3 is 1.71 bits per heavy atom. The predicted octanol–water partition coefficient (Wildman–Crippen LogP) is 4.82. The van der Waals surface area contributed by atoms with Crippen molar-refractivity contribution in [2.45, 2.75) is 75.3 Å². The lowest BCUT2D eigenvalue weighted by molar-refractivity contribution is -0.264.